The molecule has 0 spiro atoms. The van der Waals surface area contributed by atoms with Gasteiger partial charge >= 0.3 is 0 Å². The van der Waals surface area contributed by atoms with Crippen LogP contribution < -0.4 is 5.73 Å². The Morgan fingerprint density at radius 3 is 2.73 bits per heavy atom. The topological polar surface area (TPSA) is 106 Å². The molecule has 1 aromatic heterocycles. The van der Waals surface area contributed by atoms with E-state index >= 15 is 0 Å². The summed E-state index contributed by atoms with van der Waals surface area (Å²) in [6.07, 6.45) is 0.891. The van der Waals surface area contributed by atoms with Crippen molar-refractivity contribution in [3.05, 3.63) is 17.0 Å². The zero-order valence-electron chi connectivity index (χ0n) is 12.8. The first-order valence-corrected chi connectivity index (χ1v) is 9.18. The minimum Gasteiger partial charge on any atom is -0.361 e. The van der Waals surface area contributed by atoms with Crippen molar-refractivity contribution in [1.29, 1.82) is 0 Å². The first-order chi connectivity index (χ1) is 10.3. The van der Waals surface area contributed by atoms with Gasteiger partial charge in [-0.15, -0.1) is 0 Å². The van der Waals surface area contributed by atoms with Crippen LogP contribution in [-0.4, -0.2) is 54.5 Å². The van der Waals surface area contributed by atoms with Crippen molar-refractivity contribution in [2.24, 2.45) is 11.7 Å². The van der Waals surface area contributed by atoms with Crippen LogP contribution in [0.2, 0.25) is 0 Å². The van der Waals surface area contributed by atoms with Gasteiger partial charge in [0.15, 0.2) is 9.84 Å². The lowest BCUT2D eigenvalue weighted by molar-refractivity contribution is -0.130. The van der Waals surface area contributed by atoms with Crippen molar-refractivity contribution in [3.8, 4) is 0 Å². The van der Waals surface area contributed by atoms with E-state index in [1.807, 2.05) is 13.8 Å². The number of carbonyl (C=O) groups excluding carboxylic acids is 1. The van der Waals surface area contributed by atoms with Gasteiger partial charge in [-0.2, -0.15) is 0 Å². The SMILES string of the molecule is Cc1noc(C)c1CCC(=O)N1C[C@H]2[C@H](N)CS(=O)(=O)[C@H]2C1. The minimum absolute atomic E-state index is 0.0307. The summed E-state index contributed by atoms with van der Waals surface area (Å²) >= 11 is 0. The van der Waals surface area contributed by atoms with Crippen LogP contribution in [-0.2, 0) is 21.1 Å². The summed E-state index contributed by atoms with van der Waals surface area (Å²) in [5.74, 6) is 0.627. The summed E-state index contributed by atoms with van der Waals surface area (Å²) in [6, 6.07) is -0.352. The van der Waals surface area contributed by atoms with Crippen LogP contribution in [0.25, 0.3) is 0 Å². The molecule has 0 aromatic carbocycles. The van der Waals surface area contributed by atoms with E-state index in [1.165, 1.54) is 0 Å². The van der Waals surface area contributed by atoms with Crippen LogP contribution in [0.1, 0.15) is 23.4 Å². The fourth-order valence-corrected chi connectivity index (χ4v) is 5.82. The molecular weight excluding hydrogens is 306 g/mol. The normalized spacial score (nSPS) is 29.8. The number of likely N-dealkylation sites (tertiary alicyclic amines) is 1. The maximum absolute atomic E-state index is 12.4. The van der Waals surface area contributed by atoms with Gasteiger partial charge in [-0.05, 0) is 20.3 Å². The van der Waals surface area contributed by atoms with E-state index in [0.29, 0.717) is 19.4 Å². The molecule has 3 heterocycles. The molecule has 0 aliphatic carbocycles. The van der Waals surface area contributed by atoms with Gasteiger partial charge < -0.3 is 15.2 Å². The number of sulfone groups is 1. The number of hydrogen-bond acceptors (Lipinski definition) is 6. The quantitative estimate of drug-likeness (QED) is 0.824. The summed E-state index contributed by atoms with van der Waals surface area (Å²) < 4.78 is 29.1. The highest BCUT2D eigenvalue weighted by Gasteiger charge is 2.51. The lowest BCUT2D eigenvalue weighted by Gasteiger charge is -2.18. The number of nitrogens with two attached hydrogens (primary N) is 1. The van der Waals surface area contributed by atoms with Crippen molar-refractivity contribution in [2.75, 3.05) is 18.8 Å². The number of hydrogen-bond donors (Lipinski definition) is 1. The summed E-state index contributed by atoms with van der Waals surface area (Å²) in [7, 11) is -3.15. The standard InChI is InChI=1S/C14H21N3O4S/c1-8-10(9(2)21-16-8)3-4-14(18)17-5-11-12(15)7-22(19,20)13(11)6-17/h11-13H,3-7,15H2,1-2H3/t11-,12+,13-/m0/s1. The maximum Gasteiger partial charge on any atom is 0.222 e. The van der Waals surface area contributed by atoms with E-state index in [9.17, 15) is 13.2 Å². The molecule has 122 valence electrons. The van der Waals surface area contributed by atoms with Crippen molar-refractivity contribution >= 4 is 15.7 Å². The van der Waals surface area contributed by atoms with E-state index < -0.39 is 15.1 Å². The molecule has 2 fully saturated rings. The third kappa shape index (κ3) is 2.54. The predicted octanol–water partition coefficient (Wildman–Crippen LogP) is -0.193. The molecule has 2 N–H and O–H groups in total. The van der Waals surface area contributed by atoms with Crippen molar-refractivity contribution in [3.63, 3.8) is 0 Å². The summed E-state index contributed by atoms with van der Waals surface area (Å²) in [5.41, 5.74) is 7.67. The number of rotatable bonds is 3. The highest BCUT2D eigenvalue weighted by molar-refractivity contribution is 7.92. The summed E-state index contributed by atoms with van der Waals surface area (Å²) in [4.78, 5) is 14.0. The largest absolute Gasteiger partial charge is 0.361 e. The minimum atomic E-state index is -3.15. The second-order valence-corrected chi connectivity index (χ2v) is 8.56. The molecule has 2 aliphatic heterocycles. The molecule has 0 saturated carbocycles. The molecule has 0 bridgehead atoms. The number of carbonyl (C=O) groups is 1. The van der Waals surface area contributed by atoms with E-state index in [2.05, 4.69) is 5.16 Å². The van der Waals surface area contributed by atoms with Crippen LogP contribution in [0.4, 0.5) is 0 Å². The number of amides is 1. The average molecular weight is 327 g/mol. The van der Waals surface area contributed by atoms with Crippen LogP contribution in [0.3, 0.4) is 0 Å². The van der Waals surface area contributed by atoms with Crippen molar-refractivity contribution < 1.29 is 17.7 Å². The molecule has 0 radical (unpaired) electrons. The van der Waals surface area contributed by atoms with Crippen molar-refractivity contribution in [2.45, 2.75) is 38.0 Å². The highest BCUT2D eigenvalue weighted by Crippen LogP contribution is 2.33. The Kier molecular flexibility index (Phi) is 3.76. The molecule has 8 heteroatoms. The number of nitrogens with zero attached hydrogens (tertiary/aromatic N) is 2. The molecule has 1 amide bonds. The number of fused-ring (bicyclic) bond motifs is 1. The van der Waals surface area contributed by atoms with Crippen molar-refractivity contribution in [1.82, 2.24) is 10.1 Å². The molecule has 22 heavy (non-hydrogen) atoms. The number of aryl methyl sites for hydroxylation is 2. The third-order valence-corrected chi connectivity index (χ3v) is 7.14. The Morgan fingerprint density at radius 2 is 2.14 bits per heavy atom. The van der Waals surface area contributed by atoms with Gasteiger partial charge in [0.25, 0.3) is 0 Å². The van der Waals surface area contributed by atoms with E-state index in [4.69, 9.17) is 10.3 Å². The van der Waals surface area contributed by atoms with Crippen LogP contribution >= 0.6 is 0 Å². The van der Waals surface area contributed by atoms with Gasteiger partial charge in [0.1, 0.15) is 5.76 Å². The Balaban J connectivity index is 1.63. The second kappa shape index (κ2) is 5.34. The highest BCUT2D eigenvalue weighted by atomic mass is 32.2. The van der Waals surface area contributed by atoms with Gasteiger partial charge in [-0.3, -0.25) is 4.79 Å². The molecule has 2 aliphatic rings. The molecular formula is C14H21N3O4S. The van der Waals surface area contributed by atoms with Gasteiger partial charge in [-0.1, -0.05) is 5.16 Å². The number of aromatic nitrogens is 1. The lowest BCUT2D eigenvalue weighted by atomic mass is 10.0. The Morgan fingerprint density at radius 1 is 1.41 bits per heavy atom. The smallest absolute Gasteiger partial charge is 0.222 e. The summed E-state index contributed by atoms with van der Waals surface area (Å²) in [5, 5.41) is 3.39. The first-order valence-electron chi connectivity index (χ1n) is 7.46. The monoisotopic (exact) mass is 327 g/mol. The fourth-order valence-electron chi connectivity index (χ4n) is 3.56. The van der Waals surface area contributed by atoms with Crippen LogP contribution in [0, 0.1) is 19.8 Å². The molecule has 2 saturated heterocycles. The van der Waals surface area contributed by atoms with Gasteiger partial charge in [0.2, 0.25) is 5.91 Å². The Labute approximate surface area is 129 Å². The molecule has 3 rings (SSSR count). The second-order valence-electron chi connectivity index (χ2n) is 6.30. The Bertz CT molecular complexity index is 677. The Hall–Kier alpha value is -1.41. The molecule has 7 nitrogen and oxygen atoms in total. The average Bonchev–Trinajstić information content (AvgIpc) is 3.06. The van der Waals surface area contributed by atoms with Gasteiger partial charge in [-0.25, -0.2) is 8.42 Å². The first kappa shape index (κ1) is 15.5. The van der Waals surface area contributed by atoms with Gasteiger partial charge in [0, 0.05) is 37.0 Å². The van der Waals surface area contributed by atoms with Gasteiger partial charge in [0.05, 0.1) is 16.7 Å². The van der Waals surface area contributed by atoms with Crippen LogP contribution in [0.5, 0.6) is 0 Å². The van der Waals surface area contributed by atoms with E-state index in [-0.39, 0.29) is 30.2 Å². The van der Waals surface area contributed by atoms with Crippen LogP contribution in [0.15, 0.2) is 4.52 Å². The lowest BCUT2D eigenvalue weighted by Crippen LogP contribution is -2.35. The molecule has 0 unspecified atom stereocenters. The predicted molar refractivity (Wildman–Crippen MR) is 79.9 cm³/mol. The zero-order chi connectivity index (χ0) is 16.1. The third-order valence-electron chi connectivity index (χ3n) is 4.87. The van der Waals surface area contributed by atoms with E-state index in [1.54, 1.807) is 4.90 Å². The van der Waals surface area contributed by atoms with E-state index in [0.717, 1.165) is 17.0 Å². The molecule has 1 aromatic rings. The maximum atomic E-state index is 12.4. The fraction of sp³-hybridized carbons (Fsp3) is 0.714. The zero-order valence-corrected chi connectivity index (χ0v) is 13.6. The molecule has 3 atom stereocenters. The summed E-state index contributed by atoms with van der Waals surface area (Å²) in [6.45, 7) is 4.40.